The van der Waals surface area contributed by atoms with Crippen molar-refractivity contribution in [1.82, 2.24) is 5.32 Å². The van der Waals surface area contributed by atoms with Gasteiger partial charge in [0.15, 0.2) is 5.75 Å². The van der Waals surface area contributed by atoms with Crippen molar-refractivity contribution in [3.8, 4) is 5.75 Å². The van der Waals surface area contributed by atoms with E-state index in [4.69, 9.17) is 10.5 Å². The monoisotopic (exact) mass is 333 g/mol. The van der Waals surface area contributed by atoms with Gasteiger partial charge in [-0.1, -0.05) is 0 Å². The van der Waals surface area contributed by atoms with E-state index in [1.807, 2.05) is 0 Å². The number of nitrogens with two attached hydrogens (primary N) is 1. The van der Waals surface area contributed by atoms with Crippen molar-refractivity contribution in [2.24, 2.45) is 0 Å². The van der Waals surface area contributed by atoms with Crippen molar-refractivity contribution in [3.63, 3.8) is 0 Å². The highest BCUT2D eigenvalue weighted by Crippen LogP contribution is 2.42. The van der Waals surface area contributed by atoms with Crippen LogP contribution in [0, 0.1) is 0 Å². The maximum atomic E-state index is 12.1. The van der Waals surface area contributed by atoms with E-state index in [0.29, 0.717) is 15.6 Å². The fourth-order valence-corrected chi connectivity index (χ4v) is 3.24. The Kier molecular flexibility index (Phi) is 4.62. The van der Waals surface area contributed by atoms with Crippen LogP contribution in [0.2, 0.25) is 0 Å². The molecule has 2 rings (SSSR count). The van der Waals surface area contributed by atoms with Crippen LogP contribution in [0.5, 0.6) is 5.75 Å². The van der Waals surface area contributed by atoms with Gasteiger partial charge in [0, 0.05) is 18.8 Å². The first-order chi connectivity index (χ1) is 9.81. The number of nitrogens with one attached hydrogen (secondary N) is 2. The molecule has 4 N–H and O–H groups in total. The number of sulfone groups is 1. The van der Waals surface area contributed by atoms with Crippen molar-refractivity contribution in [2.75, 3.05) is 36.7 Å². The van der Waals surface area contributed by atoms with Crippen LogP contribution in [-0.4, -0.2) is 46.0 Å². The summed E-state index contributed by atoms with van der Waals surface area (Å²) in [6.07, 6.45) is 3.16. The SMILES string of the molecule is COc1c(NCCS(C)(=O)=O)sc(C(=O)NC2CC2)c1N. The molecule has 1 aromatic rings. The fourth-order valence-electron chi connectivity index (χ4n) is 1.75. The number of methoxy groups -OCH3 is 1. The lowest BCUT2D eigenvalue weighted by molar-refractivity contribution is 0.0955. The highest BCUT2D eigenvalue weighted by atomic mass is 32.2. The molecule has 1 amide bonds. The summed E-state index contributed by atoms with van der Waals surface area (Å²) in [7, 11) is -1.59. The second-order valence-electron chi connectivity index (χ2n) is 5.01. The van der Waals surface area contributed by atoms with E-state index in [9.17, 15) is 13.2 Å². The van der Waals surface area contributed by atoms with Gasteiger partial charge in [-0.25, -0.2) is 8.42 Å². The number of carbonyl (C=O) groups excluding carboxylic acids is 1. The number of carbonyl (C=O) groups is 1. The van der Waals surface area contributed by atoms with Gasteiger partial charge in [0.05, 0.1) is 12.9 Å². The van der Waals surface area contributed by atoms with E-state index in [1.165, 1.54) is 24.7 Å². The van der Waals surface area contributed by atoms with Gasteiger partial charge in [-0.3, -0.25) is 4.79 Å². The highest BCUT2D eigenvalue weighted by molar-refractivity contribution is 7.90. The predicted octanol–water partition coefficient (Wildman–Crippen LogP) is 0.688. The van der Waals surface area contributed by atoms with Crippen LogP contribution in [0.1, 0.15) is 22.5 Å². The molecule has 1 heterocycles. The first-order valence-electron chi connectivity index (χ1n) is 6.50. The minimum Gasteiger partial charge on any atom is -0.492 e. The molecular weight excluding hydrogens is 314 g/mol. The van der Waals surface area contributed by atoms with Crippen LogP contribution in [0.3, 0.4) is 0 Å². The van der Waals surface area contributed by atoms with Crippen LogP contribution >= 0.6 is 11.3 Å². The Labute approximate surface area is 127 Å². The van der Waals surface area contributed by atoms with Gasteiger partial charge in [0.25, 0.3) is 5.91 Å². The second-order valence-corrected chi connectivity index (χ2v) is 8.29. The van der Waals surface area contributed by atoms with Crippen LogP contribution in [0.15, 0.2) is 0 Å². The molecule has 7 nitrogen and oxygen atoms in total. The molecule has 118 valence electrons. The summed E-state index contributed by atoms with van der Waals surface area (Å²) < 4.78 is 27.5. The third-order valence-electron chi connectivity index (χ3n) is 2.98. The molecule has 1 aliphatic carbocycles. The zero-order chi connectivity index (χ0) is 15.6. The zero-order valence-corrected chi connectivity index (χ0v) is 13.6. The summed E-state index contributed by atoms with van der Waals surface area (Å²) in [6, 6.07) is 0.242. The first kappa shape index (κ1) is 15.9. The van der Waals surface area contributed by atoms with E-state index < -0.39 is 9.84 Å². The second kappa shape index (κ2) is 6.10. The van der Waals surface area contributed by atoms with Gasteiger partial charge in [-0.15, -0.1) is 11.3 Å². The normalized spacial score (nSPS) is 14.8. The number of rotatable bonds is 7. The van der Waals surface area contributed by atoms with E-state index >= 15 is 0 Å². The topological polar surface area (TPSA) is 111 Å². The van der Waals surface area contributed by atoms with Gasteiger partial charge in [0.1, 0.15) is 25.4 Å². The van der Waals surface area contributed by atoms with E-state index in [2.05, 4.69) is 10.6 Å². The third-order valence-corrected chi connectivity index (χ3v) is 5.07. The third kappa shape index (κ3) is 4.24. The van der Waals surface area contributed by atoms with Gasteiger partial charge >= 0.3 is 0 Å². The summed E-state index contributed by atoms with van der Waals surface area (Å²) in [5, 5.41) is 6.40. The van der Waals surface area contributed by atoms with Crippen molar-refractivity contribution in [1.29, 1.82) is 0 Å². The number of hydrogen-bond acceptors (Lipinski definition) is 7. The van der Waals surface area contributed by atoms with Crippen LogP contribution in [0.25, 0.3) is 0 Å². The lowest BCUT2D eigenvalue weighted by Gasteiger charge is -2.06. The maximum Gasteiger partial charge on any atom is 0.263 e. The number of hydrogen-bond donors (Lipinski definition) is 3. The van der Waals surface area contributed by atoms with E-state index in [-0.39, 0.29) is 29.9 Å². The molecule has 21 heavy (non-hydrogen) atoms. The first-order valence-corrected chi connectivity index (χ1v) is 9.38. The highest BCUT2D eigenvalue weighted by Gasteiger charge is 2.27. The number of ether oxygens (including phenoxy) is 1. The van der Waals surface area contributed by atoms with E-state index in [1.54, 1.807) is 0 Å². The van der Waals surface area contributed by atoms with Gasteiger partial charge < -0.3 is 21.1 Å². The summed E-state index contributed by atoms with van der Waals surface area (Å²) in [6.45, 7) is 0.235. The molecule has 1 fully saturated rings. The Morgan fingerprint density at radius 2 is 2.14 bits per heavy atom. The lowest BCUT2D eigenvalue weighted by atomic mass is 10.3. The zero-order valence-electron chi connectivity index (χ0n) is 11.9. The van der Waals surface area contributed by atoms with Crippen molar-refractivity contribution in [2.45, 2.75) is 18.9 Å². The van der Waals surface area contributed by atoms with Crippen molar-refractivity contribution >= 4 is 37.8 Å². The van der Waals surface area contributed by atoms with Gasteiger partial charge in [-0.05, 0) is 12.8 Å². The standard InChI is InChI=1S/C12H19N3O4S2/c1-19-9-8(13)10(11(16)15-7-3-4-7)20-12(9)14-5-6-21(2,17)18/h7,14H,3-6,13H2,1-2H3,(H,15,16). The predicted molar refractivity (Wildman–Crippen MR) is 84.0 cm³/mol. The Hall–Kier alpha value is -1.48. The molecule has 0 saturated heterocycles. The minimum atomic E-state index is -3.05. The van der Waals surface area contributed by atoms with Crippen LogP contribution in [-0.2, 0) is 9.84 Å². The Bertz CT molecular complexity index is 635. The van der Waals surface area contributed by atoms with Gasteiger partial charge in [0.2, 0.25) is 0 Å². The fraction of sp³-hybridized carbons (Fsp3) is 0.583. The maximum absolute atomic E-state index is 12.1. The van der Waals surface area contributed by atoms with Crippen molar-refractivity contribution < 1.29 is 17.9 Å². The molecule has 9 heteroatoms. The quantitative estimate of drug-likeness (QED) is 0.677. The average molecular weight is 333 g/mol. The number of nitrogen functional groups attached to an aromatic ring is 1. The van der Waals surface area contributed by atoms with E-state index in [0.717, 1.165) is 12.8 Å². The van der Waals surface area contributed by atoms with Crippen LogP contribution < -0.4 is 21.1 Å². The lowest BCUT2D eigenvalue weighted by Crippen LogP contribution is -2.25. The smallest absolute Gasteiger partial charge is 0.263 e. The molecule has 1 aliphatic rings. The summed E-state index contributed by atoms with van der Waals surface area (Å²) in [5.41, 5.74) is 6.22. The van der Waals surface area contributed by atoms with Crippen LogP contribution in [0.4, 0.5) is 10.7 Å². The van der Waals surface area contributed by atoms with Gasteiger partial charge in [-0.2, -0.15) is 0 Å². The Morgan fingerprint density at radius 3 is 2.67 bits per heavy atom. The summed E-state index contributed by atoms with van der Waals surface area (Å²) >= 11 is 1.17. The molecule has 1 aromatic heterocycles. The number of amides is 1. The summed E-state index contributed by atoms with van der Waals surface area (Å²) in [4.78, 5) is 12.5. The Balaban J connectivity index is 2.11. The molecule has 0 aliphatic heterocycles. The minimum absolute atomic E-state index is 0.00242. The molecule has 0 aromatic carbocycles. The molecule has 0 atom stereocenters. The molecule has 0 radical (unpaired) electrons. The molecule has 0 bridgehead atoms. The number of anilines is 2. The summed E-state index contributed by atoms with van der Waals surface area (Å²) in [5.74, 6) is 0.168. The van der Waals surface area contributed by atoms with Crippen molar-refractivity contribution in [3.05, 3.63) is 4.88 Å². The molecular formula is C12H19N3O4S2. The number of thiophene rings is 1. The largest absolute Gasteiger partial charge is 0.492 e. The average Bonchev–Trinajstić information content (AvgIpc) is 3.12. The molecule has 0 spiro atoms. The molecule has 1 saturated carbocycles. The Morgan fingerprint density at radius 1 is 1.48 bits per heavy atom. The molecule has 0 unspecified atom stereocenters.